The summed E-state index contributed by atoms with van der Waals surface area (Å²) < 4.78 is 27.2. The van der Waals surface area contributed by atoms with Crippen LogP contribution in [0.15, 0.2) is 29.2 Å². The van der Waals surface area contributed by atoms with E-state index in [9.17, 15) is 18.0 Å². The van der Waals surface area contributed by atoms with Crippen LogP contribution in [0.1, 0.15) is 56.8 Å². The van der Waals surface area contributed by atoms with Crippen molar-refractivity contribution in [2.45, 2.75) is 63.4 Å². The predicted molar refractivity (Wildman–Crippen MR) is 104 cm³/mol. The first-order valence-corrected chi connectivity index (χ1v) is 10.9. The summed E-state index contributed by atoms with van der Waals surface area (Å²) in [4.78, 5) is 24.3. The maximum absolute atomic E-state index is 12.8. The Hall–Kier alpha value is -1.93. The summed E-state index contributed by atoms with van der Waals surface area (Å²) >= 11 is 0. The molecule has 2 rings (SSSR count). The molecule has 150 valence electrons. The van der Waals surface area contributed by atoms with Crippen molar-refractivity contribution in [2.24, 2.45) is 0 Å². The second-order valence-corrected chi connectivity index (χ2v) is 8.86. The summed E-state index contributed by atoms with van der Waals surface area (Å²) in [7, 11) is -3.56. The summed E-state index contributed by atoms with van der Waals surface area (Å²) in [5.41, 5.74) is 0.316. The van der Waals surface area contributed by atoms with Crippen molar-refractivity contribution < 1.29 is 18.0 Å². The largest absolute Gasteiger partial charge is 0.354 e. The summed E-state index contributed by atoms with van der Waals surface area (Å²) in [6.07, 6.45) is 3.58. The van der Waals surface area contributed by atoms with E-state index in [1.54, 1.807) is 6.92 Å². The average Bonchev–Trinajstić information content (AvgIpc) is 2.66. The lowest BCUT2D eigenvalue weighted by Crippen LogP contribution is -2.45. The number of sulfonamides is 1. The van der Waals surface area contributed by atoms with Crippen LogP contribution in [0.3, 0.4) is 0 Å². The van der Waals surface area contributed by atoms with Gasteiger partial charge in [-0.1, -0.05) is 13.3 Å². The van der Waals surface area contributed by atoms with Gasteiger partial charge in [0.2, 0.25) is 15.9 Å². The van der Waals surface area contributed by atoms with E-state index in [0.717, 1.165) is 25.7 Å². The first-order chi connectivity index (χ1) is 12.8. The first-order valence-electron chi connectivity index (χ1n) is 9.48. The third kappa shape index (κ3) is 5.29. The van der Waals surface area contributed by atoms with Crippen LogP contribution in [0.25, 0.3) is 0 Å². The number of nitrogens with zero attached hydrogens (tertiary/aromatic N) is 1. The van der Waals surface area contributed by atoms with Gasteiger partial charge in [0.1, 0.15) is 6.04 Å². The quantitative estimate of drug-likeness (QED) is 0.737. The van der Waals surface area contributed by atoms with Crippen molar-refractivity contribution in [3.8, 4) is 0 Å². The van der Waals surface area contributed by atoms with E-state index >= 15 is 0 Å². The third-order valence-corrected chi connectivity index (χ3v) is 6.78. The van der Waals surface area contributed by atoms with Gasteiger partial charge in [0.25, 0.3) is 5.91 Å². The molecule has 0 saturated carbocycles. The standard InChI is InChI=1S/C19H29N3O4S/c1-4-12-20-18(23)15(3)21-19(24)16-8-10-17(11-9-16)27(25,26)22-13-6-5-7-14(22)2/h8-11,14-15H,4-7,12-13H2,1-3H3,(H,20,23)(H,21,24)/t14-,15+/m0/s1. The highest BCUT2D eigenvalue weighted by Gasteiger charge is 2.31. The molecule has 1 aromatic carbocycles. The zero-order chi connectivity index (χ0) is 20.0. The highest BCUT2D eigenvalue weighted by molar-refractivity contribution is 7.89. The fraction of sp³-hybridized carbons (Fsp3) is 0.579. The van der Waals surface area contributed by atoms with Crippen LogP contribution in [0, 0.1) is 0 Å². The minimum Gasteiger partial charge on any atom is -0.354 e. The summed E-state index contributed by atoms with van der Waals surface area (Å²) in [6.45, 7) is 6.56. The van der Waals surface area contributed by atoms with Crippen LogP contribution in [-0.2, 0) is 14.8 Å². The Morgan fingerprint density at radius 2 is 1.89 bits per heavy atom. The Bertz CT molecular complexity index is 762. The molecule has 8 heteroatoms. The van der Waals surface area contributed by atoms with E-state index in [0.29, 0.717) is 18.7 Å². The normalized spacial score (nSPS) is 19.3. The van der Waals surface area contributed by atoms with E-state index in [1.165, 1.54) is 28.6 Å². The third-order valence-electron chi connectivity index (χ3n) is 4.76. The van der Waals surface area contributed by atoms with Gasteiger partial charge < -0.3 is 10.6 Å². The van der Waals surface area contributed by atoms with E-state index in [2.05, 4.69) is 10.6 Å². The number of piperidine rings is 1. The molecule has 1 fully saturated rings. The molecule has 0 aromatic heterocycles. The number of hydrogen-bond acceptors (Lipinski definition) is 4. The lowest BCUT2D eigenvalue weighted by Gasteiger charge is -2.32. The number of hydrogen-bond donors (Lipinski definition) is 2. The van der Waals surface area contributed by atoms with E-state index in [4.69, 9.17) is 0 Å². The average molecular weight is 396 g/mol. The first kappa shape index (κ1) is 21.4. The van der Waals surface area contributed by atoms with E-state index in [1.807, 2.05) is 13.8 Å². The maximum atomic E-state index is 12.8. The Labute approximate surface area is 161 Å². The van der Waals surface area contributed by atoms with Crippen molar-refractivity contribution in [3.63, 3.8) is 0 Å². The molecule has 1 aromatic rings. The van der Waals surface area contributed by atoms with Crippen LogP contribution < -0.4 is 10.6 Å². The van der Waals surface area contributed by atoms with Crippen LogP contribution in [0.4, 0.5) is 0 Å². The summed E-state index contributed by atoms with van der Waals surface area (Å²) in [5.74, 6) is -0.659. The van der Waals surface area contributed by atoms with Crippen molar-refractivity contribution in [1.29, 1.82) is 0 Å². The molecule has 0 spiro atoms. The van der Waals surface area contributed by atoms with Crippen LogP contribution >= 0.6 is 0 Å². The van der Waals surface area contributed by atoms with Gasteiger partial charge in [0.15, 0.2) is 0 Å². The SMILES string of the molecule is CCCNC(=O)[C@@H](C)NC(=O)c1ccc(S(=O)(=O)N2CCCC[C@@H]2C)cc1. The van der Waals surface area contributed by atoms with Crippen LogP contribution in [0.5, 0.6) is 0 Å². The van der Waals surface area contributed by atoms with Crippen molar-refractivity contribution in [3.05, 3.63) is 29.8 Å². The van der Waals surface area contributed by atoms with Gasteiger partial charge in [0, 0.05) is 24.7 Å². The van der Waals surface area contributed by atoms with Crippen LogP contribution in [0.2, 0.25) is 0 Å². The number of benzene rings is 1. The molecule has 1 saturated heterocycles. The van der Waals surface area contributed by atoms with Gasteiger partial charge in [-0.05, 0) is 57.4 Å². The topological polar surface area (TPSA) is 95.6 Å². The summed E-state index contributed by atoms with van der Waals surface area (Å²) in [5, 5.41) is 5.34. The molecule has 0 unspecified atom stereocenters. The second kappa shape index (κ2) is 9.32. The molecular formula is C19H29N3O4S. The molecule has 0 aliphatic carbocycles. The fourth-order valence-corrected chi connectivity index (χ4v) is 4.79. The minimum absolute atomic E-state index is 0.0193. The van der Waals surface area contributed by atoms with E-state index < -0.39 is 22.0 Å². The zero-order valence-electron chi connectivity index (χ0n) is 16.2. The molecule has 2 atom stereocenters. The Kier molecular flexibility index (Phi) is 7.38. The lowest BCUT2D eigenvalue weighted by molar-refractivity contribution is -0.122. The van der Waals surface area contributed by atoms with Gasteiger partial charge in [-0.15, -0.1) is 0 Å². The molecular weight excluding hydrogens is 366 g/mol. The maximum Gasteiger partial charge on any atom is 0.251 e. The molecule has 2 N–H and O–H groups in total. The smallest absolute Gasteiger partial charge is 0.251 e. The number of rotatable bonds is 7. The minimum atomic E-state index is -3.56. The fourth-order valence-electron chi connectivity index (χ4n) is 3.09. The predicted octanol–water partition coefficient (Wildman–Crippen LogP) is 1.89. The Morgan fingerprint density at radius 1 is 1.22 bits per heavy atom. The molecule has 0 bridgehead atoms. The molecule has 2 amide bonds. The molecule has 7 nitrogen and oxygen atoms in total. The van der Waals surface area contributed by atoms with Crippen molar-refractivity contribution >= 4 is 21.8 Å². The van der Waals surface area contributed by atoms with Crippen molar-refractivity contribution in [2.75, 3.05) is 13.1 Å². The van der Waals surface area contributed by atoms with Crippen LogP contribution in [-0.4, -0.2) is 49.7 Å². The zero-order valence-corrected chi connectivity index (χ0v) is 17.0. The Balaban J connectivity index is 2.05. The van der Waals surface area contributed by atoms with Gasteiger partial charge in [-0.2, -0.15) is 4.31 Å². The molecule has 1 aliphatic heterocycles. The van der Waals surface area contributed by atoms with Gasteiger partial charge >= 0.3 is 0 Å². The van der Waals surface area contributed by atoms with Gasteiger partial charge in [-0.3, -0.25) is 9.59 Å². The number of amides is 2. The van der Waals surface area contributed by atoms with E-state index in [-0.39, 0.29) is 16.8 Å². The molecule has 27 heavy (non-hydrogen) atoms. The molecule has 0 radical (unpaired) electrons. The number of carbonyl (C=O) groups is 2. The highest BCUT2D eigenvalue weighted by Crippen LogP contribution is 2.25. The monoisotopic (exact) mass is 395 g/mol. The van der Waals surface area contributed by atoms with Gasteiger partial charge in [-0.25, -0.2) is 8.42 Å². The highest BCUT2D eigenvalue weighted by atomic mass is 32.2. The Morgan fingerprint density at radius 3 is 2.48 bits per heavy atom. The molecule has 1 heterocycles. The summed E-state index contributed by atoms with van der Waals surface area (Å²) in [6, 6.07) is 5.18. The number of nitrogens with one attached hydrogen (secondary N) is 2. The molecule has 1 aliphatic rings. The van der Waals surface area contributed by atoms with Crippen molar-refractivity contribution in [1.82, 2.24) is 14.9 Å². The number of carbonyl (C=O) groups excluding carboxylic acids is 2. The van der Waals surface area contributed by atoms with Gasteiger partial charge in [0.05, 0.1) is 4.90 Å². The lowest BCUT2D eigenvalue weighted by atomic mass is 10.1. The second-order valence-electron chi connectivity index (χ2n) is 6.97.